The average molecular weight is 321 g/mol. The van der Waals surface area contributed by atoms with Gasteiger partial charge in [-0.25, -0.2) is 4.79 Å². The molecule has 1 aliphatic rings. The Balaban J connectivity index is 1.97. The number of rotatable bonds is 4. The highest BCUT2D eigenvalue weighted by Gasteiger charge is 2.36. The number of hydrogen-bond donors (Lipinski definition) is 0. The van der Waals surface area contributed by atoms with E-state index in [-0.39, 0.29) is 6.54 Å². The van der Waals surface area contributed by atoms with Crippen molar-refractivity contribution in [2.45, 2.75) is 0 Å². The molecule has 2 aromatic carbocycles. The molecule has 0 bridgehead atoms. The first kappa shape index (κ1) is 15.7. The van der Waals surface area contributed by atoms with Crippen LogP contribution in [0.25, 0.3) is 6.08 Å². The summed E-state index contributed by atoms with van der Waals surface area (Å²) in [5.41, 5.74) is 1.97. The Morgan fingerprint density at radius 2 is 1.71 bits per heavy atom. The van der Waals surface area contributed by atoms with Gasteiger partial charge < -0.3 is 9.64 Å². The van der Waals surface area contributed by atoms with E-state index in [4.69, 9.17) is 4.74 Å². The number of carbonyl (C=O) groups excluding carboxylic acids is 3. The standard InChI is InChI=1S/C19H15NO4/c1-24-19(23)14(11-13-7-3-2-4-8-13)12-20-16-10-6-5-9-15(16)17(21)18(20)22/h2-11H,12H2,1H3/b14-11+. The molecule has 2 aromatic rings. The van der Waals surface area contributed by atoms with Gasteiger partial charge in [0.2, 0.25) is 0 Å². The maximum absolute atomic E-state index is 12.3. The number of methoxy groups -OCH3 is 1. The number of benzene rings is 2. The van der Waals surface area contributed by atoms with Crippen LogP contribution < -0.4 is 4.90 Å². The molecule has 0 saturated carbocycles. The summed E-state index contributed by atoms with van der Waals surface area (Å²) in [6.07, 6.45) is 1.66. The van der Waals surface area contributed by atoms with Gasteiger partial charge in [0.15, 0.2) is 0 Å². The summed E-state index contributed by atoms with van der Waals surface area (Å²) in [5.74, 6) is -1.74. The predicted octanol–water partition coefficient (Wildman–Crippen LogP) is 2.47. The molecule has 5 heteroatoms. The molecule has 0 radical (unpaired) electrons. The van der Waals surface area contributed by atoms with E-state index in [1.54, 1.807) is 30.3 Å². The van der Waals surface area contributed by atoms with Crippen molar-refractivity contribution in [1.82, 2.24) is 0 Å². The number of amides is 1. The highest BCUT2D eigenvalue weighted by molar-refractivity contribution is 6.52. The number of carbonyl (C=O) groups is 3. The molecule has 1 aliphatic heterocycles. The largest absolute Gasteiger partial charge is 0.466 e. The van der Waals surface area contributed by atoms with Crippen LogP contribution in [0.4, 0.5) is 5.69 Å². The number of nitrogens with zero attached hydrogens (tertiary/aromatic N) is 1. The van der Waals surface area contributed by atoms with Crippen molar-refractivity contribution in [3.8, 4) is 0 Å². The minimum Gasteiger partial charge on any atom is -0.466 e. The summed E-state index contributed by atoms with van der Waals surface area (Å²) >= 11 is 0. The van der Waals surface area contributed by atoms with Crippen molar-refractivity contribution in [2.75, 3.05) is 18.6 Å². The third kappa shape index (κ3) is 2.84. The first-order chi connectivity index (χ1) is 11.6. The second-order valence-electron chi connectivity index (χ2n) is 5.31. The minimum absolute atomic E-state index is 0.0246. The van der Waals surface area contributed by atoms with Crippen LogP contribution in [0, 0.1) is 0 Å². The average Bonchev–Trinajstić information content (AvgIpc) is 2.86. The van der Waals surface area contributed by atoms with E-state index in [2.05, 4.69) is 0 Å². The van der Waals surface area contributed by atoms with Crippen molar-refractivity contribution >= 4 is 29.4 Å². The molecule has 5 nitrogen and oxygen atoms in total. The third-order valence-corrected chi connectivity index (χ3v) is 3.80. The highest BCUT2D eigenvalue weighted by Crippen LogP contribution is 2.29. The second-order valence-corrected chi connectivity index (χ2v) is 5.31. The van der Waals surface area contributed by atoms with Gasteiger partial charge in [-0.1, -0.05) is 42.5 Å². The number of ketones is 1. The summed E-state index contributed by atoms with van der Waals surface area (Å²) in [4.78, 5) is 37.7. The summed E-state index contributed by atoms with van der Waals surface area (Å²) in [5, 5.41) is 0. The Hall–Kier alpha value is -3.21. The highest BCUT2D eigenvalue weighted by atomic mass is 16.5. The van der Waals surface area contributed by atoms with Gasteiger partial charge in [0, 0.05) is 0 Å². The second kappa shape index (κ2) is 6.50. The van der Waals surface area contributed by atoms with Gasteiger partial charge in [0.05, 0.1) is 30.5 Å². The normalized spacial score (nSPS) is 13.9. The lowest BCUT2D eigenvalue weighted by atomic mass is 10.1. The van der Waals surface area contributed by atoms with Gasteiger partial charge in [-0.2, -0.15) is 0 Å². The molecule has 0 saturated heterocycles. The van der Waals surface area contributed by atoms with Crippen molar-refractivity contribution < 1.29 is 19.1 Å². The summed E-state index contributed by atoms with van der Waals surface area (Å²) < 4.78 is 4.81. The van der Waals surface area contributed by atoms with Gasteiger partial charge in [0.25, 0.3) is 11.7 Å². The quantitative estimate of drug-likeness (QED) is 0.493. The zero-order valence-electron chi connectivity index (χ0n) is 13.1. The lowest BCUT2D eigenvalue weighted by Crippen LogP contribution is -2.33. The van der Waals surface area contributed by atoms with Crippen molar-refractivity contribution in [3.63, 3.8) is 0 Å². The molecule has 1 heterocycles. The Labute approximate surface area is 139 Å². The van der Waals surface area contributed by atoms with E-state index in [1.807, 2.05) is 30.3 Å². The molecule has 0 unspecified atom stereocenters. The smallest absolute Gasteiger partial charge is 0.335 e. The van der Waals surface area contributed by atoms with E-state index < -0.39 is 17.7 Å². The molecule has 1 amide bonds. The summed E-state index contributed by atoms with van der Waals surface area (Å²) in [6.45, 7) is -0.0246. The topological polar surface area (TPSA) is 63.7 Å². The first-order valence-corrected chi connectivity index (χ1v) is 7.41. The van der Waals surface area contributed by atoms with Gasteiger partial charge in [-0.15, -0.1) is 0 Å². The van der Waals surface area contributed by atoms with Gasteiger partial charge in [-0.3, -0.25) is 9.59 Å². The van der Waals surface area contributed by atoms with E-state index in [1.165, 1.54) is 12.0 Å². The molecule has 0 aliphatic carbocycles. The number of ether oxygens (including phenoxy) is 1. The van der Waals surface area contributed by atoms with Crippen LogP contribution >= 0.6 is 0 Å². The molecule has 0 atom stereocenters. The maximum atomic E-state index is 12.3. The molecule has 24 heavy (non-hydrogen) atoms. The van der Waals surface area contributed by atoms with Crippen LogP contribution in [0.5, 0.6) is 0 Å². The van der Waals surface area contributed by atoms with E-state index >= 15 is 0 Å². The fourth-order valence-electron chi connectivity index (χ4n) is 2.63. The molecule has 0 fully saturated rings. The minimum atomic E-state index is -0.640. The van der Waals surface area contributed by atoms with E-state index in [0.717, 1.165) is 5.56 Å². The predicted molar refractivity (Wildman–Crippen MR) is 89.6 cm³/mol. The zero-order valence-corrected chi connectivity index (χ0v) is 13.1. The van der Waals surface area contributed by atoms with Crippen LogP contribution in [0.2, 0.25) is 0 Å². The molecular weight excluding hydrogens is 306 g/mol. The Bertz CT molecular complexity index is 839. The molecule has 0 N–H and O–H groups in total. The van der Waals surface area contributed by atoms with E-state index in [0.29, 0.717) is 16.8 Å². The third-order valence-electron chi connectivity index (χ3n) is 3.80. The lowest BCUT2D eigenvalue weighted by Gasteiger charge is -2.17. The molecule has 120 valence electrons. The summed E-state index contributed by atoms with van der Waals surface area (Å²) in [7, 11) is 1.28. The number of anilines is 1. The first-order valence-electron chi connectivity index (χ1n) is 7.41. The fourth-order valence-corrected chi connectivity index (χ4v) is 2.63. The van der Waals surface area contributed by atoms with Crippen LogP contribution in [-0.4, -0.2) is 31.3 Å². The fraction of sp³-hybridized carbons (Fsp3) is 0.105. The van der Waals surface area contributed by atoms with Gasteiger partial charge >= 0.3 is 5.97 Å². The number of fused-ring (bicyclic) bond motifs is 1. The van der Waals surface area contributed by atoms with Crippen LogP contribution in [0.1, 0.15) is 15.9 Å². The number of Topliss-reactive ketones (excluding diaryl/α,β-unsaturated/α-hetero) is 1. The number of para-hydroxylation sites is 1. The molecular formula is C19H15NO4. The maximum Gasteiger partial charge on any atom is 0.335 e. The van der Waals surface area contributed by atoms with E-state index in [9.17, 15) is 14.4 Å². The van der Waals surface area contributed by atoms with Crippen LogP contribution in [-0.2, 0) is 14.3 Å². The van der Waals surface area contributed by atoms with Gasteiger partial charge in [-0.05, 0) is 23.8 Å². The Kier molecular flexibility index (Phi) is 4.24. The number of hydrogen-bond acceptors (Lipinski definition) is 4. The molecule has 3 rings (SSSR count). The lowest BCUT2D eigenvalue weighted by molar-refractivity contribution is -0.136. The van der Waals surface area contributed by atoms with Crippen molar-refractivity contribution in [1.29, 1.82) is 0 Å². The number of esters is 1. The van der Waals surface area contributed by atoms with Crippen molar-refractivity contribution in [3.05, 3.63) is 71.3 Å². The summed E-state index contributed by atoms with van der Waals surface area (Å²) in [6, 6.07) is 16.0. The van der Waals surface area contributed by atoms with Crippen LogP contribution in [0.15, 0.2) is 60.2 Å². The Morgan fingerprint density at radius 3 is 2.42 bits per heavy atom. The Morgan fingerprint density at radius 1 is 1.04 bits per heavy atom. The molecule has 0 spiro atoms. The zero-order chi connectivity index (χ0) is 17.1. The van der Waals surface area contributed by atoms with Crippen molar-refractivity contribution in [2.24, 2.45) is 0 Å². The molecule has 0 aromatic heterocycles. The van der Waals surface area contributed by atoms with Crippen LogP contribution in [0.3, 0.4) is 0 Å². The van der Waals surface area contributed by atoms with Gasteiger partial charge in [0.1, 0.15) is 0 Å². The SMILES string of the molecule is COC(=O)/C(=C/c1ccccc1)CN1C(=O)C(=O)c2ccccc21. The monoisotopic (exact) mass is 321 g/mol.